The zero-order valence-corrected chi connectivity index (χ0v) is 14.6. The van der Waals surface area contributed by atoms with E-state index in [0.29, 0.717) is 23.1 Å². The quantitative estimate of drug-likeness (QED) is 0.725. The van der Waals surface area contributed by atoms with Crippen LogP contribution in [0, 0.1) is 0 Å². The van der Waals surface area contributed by atoms with E-state index in [0.717, 1.165) is 22.3 Å². The monoisotopic (exact) mass is 387 g/mol. The molecule has 0 aliphatic carbocycles. The van der Waals surface area contributed by atoms with Crippen LogP contribution in [0.5, 0.6) is 0 Å². The number of thiophene rings is 1. The van der Waals surface area contributed by atoms with Gasteiger partial charge in [-0.1, -0.05) is 18.5 Å². The molecule has 0 aromatic carbocycles. The fraction of sp³-hybridized carbons (Fsp3) is 0.286. The summed E-state index contributed by atoms with van der Waals surface area (Å²) in [4.78, 5) is 17.4. The van der Waals surface area contributed by atoms with E-state index in [1.165, 1.54) is 0 Å². The van der Waals surface area contributed by atoms with Crippen molar-refractivity contribution < 1.29 is 4.79 Å². The van der Waals surface area contributed by atoms with E-state index in [9.17, 15) is 4.79 Å². The molecule has 21 heavy (non-hydrogen) atoms. The number of carbonyl (C=O) groups excluding carboxylic acids is 1. The summed E-state index contributed by atoms with van der Waals surface area (Å²) in [7, 11) is 0. The fourth-order valence-electron chi connectivity index (χ4n) is 1.69. The third-order valence-corrected chi connectivity index (χ3v) is 4.55. The molecule has 2 aromatic heterocycles. The zero-order valence-electron chi connectivity index (χ0n) is 11.5. The number of pyridine rings is 1. The third kappa shape index (κ3) is 4.98. The molecule has 2 N–H and O–H groups in total. The number of carbonyl (C=O) groups is 1. The van der Waals surface area contributed by atoms with E-state index >= 15 is 0 Å². The normalized spacial score (nSPS) is 10.4. The number of rotatable bonds is 6. The summed E-state index contributed by atoms with van der Waals surface area (Å²) in [6, 6.07) is 5.26. The molecule has 0 radical (unpaired) electrons. The van der Waals surface area contributed by atoms with Crippen molar-refractivity contribution in [1.29, 1.82) is 0 Å². The number of aromatic nitrogens is 1. The van der Waals surface area contributed by atoms with Gasteiger partial charge in [0.1, 0.15) is 11.0 Å². The van der Waals surface area contributed by atoms with Gasteiger partial charge in [0.15, 0.2) is 0 Å². The van der Waals surface area contributed by atoms with Crippen LogP contribution in [-0.4, -0.2) is 17.4 Å². The summed E-state index contributed by atoms with van der Waals surface area (Å²) in [6.07, 6.45) is 0.975. The first-order valence-corrected chi connectivity index (χ1v) is 8.56. The van der Waals surface area contributed by atoms with Crippen molar-refractivity contribution >= 4 is 50.6 Å². The topological polar surface area (TPSA) is 54.0 Å². The van der Waals surface area contributed by atoms with Gasteiger partial charge >= 0.3 is 0 Å². The Labute approximate surface area is 141 Å². The average Bonchev–Trinajstić information content (AvgIpc) is 2.87. The first-order valence-electron chi connectivity index (χ1n) is 6.51. The summed E-state index contributed by atoms with van der Waals surface area (Å²) < 4.78 is 1.02. The molecule has 0 atom stereocenters. The molecule has 2 aromatic rings. The molecule has 2 rings (SSSR count). The van der Waals surface area contributed by atoms with Crippen LogP contribution < -0.4 is 10.6 Å². The van der Waals surface area contributed by atoms with Gasteiger partial charge in [-0.15, -0.1) is 11.3 Å². The molecule has 0 saturated heterocycles. The van der Waals surface area contributed by atoms with Crippen LogP contribution in [0.4, 0.5) is 5.82 Å². The van der Waals surface area contributed by atoms with Gasteiger partial charge < -0.3 is 10.6 Å². The fourth-order valence-corrected chi connectivity index (χ4v) is 3.29. The second-order valence-corrected chi connectivity index (χ2v) is 6.70. The molecule has 0 aliphatic heterocycles. The Kier molecular flexibility index (Phi) is 6.02. The first-order chi connectivity index (χ1) is 10.1. The minimum Gasteiger partial charge on any atom is -0.370 e. The number of anilines is 1. The number of amides is 1. The molecule has 0 spiro atoms. The molecule has 1 amide bonds. The summed E-state index contributed by atoms with van der Waals surface area (Å²) in [5.41, 5.74) is 0.504. The van der Waals surface area contributed by atoms with Gasteiger partial charge in [0.05, 0.1) is 6.54 Å². The number of nitrogens with one attached hydrogen (secondary N) is 2. The predicted molar refractivity (Wildman–Crippen MR) is 91.2 cm³/mol. The summed E-state index contributed by atoms with van der Waals surface area (Å²) in [5.74, 6) is 0.455. The lowest BCUT2D eigenvalue weighted by atomic mass is 10.2. The number of hydrogen-bond acceptors (Lipinski definition) is 4. The Balaban J connectivity index is 2.02. The van der Waals surface area contributed by atoms with Crippen LogP contribution in [-0.2, 0) is 6.54 Å². The Morgan fingerprint density at radius 3 is 2.90 bits per heavy atom. The van der Waals surface area contributed by atoms with E-state index in [4.69, 9.17) is 11.6 Å². The number of hydrogen-bond donors (Lipinski definition) is 2. The van der Waals surface area contributed by atoms with Crippen molar-refractivity contribution in [2.45, 2.75) is 19.9 Å². The zero-order chi connectivity index (χ0) is 15.2. The highest BCUT2D eigenvalue weighted by atomic mass is 79.9. The smallest absolute Gasteiger partial charge is 0.251 e. The van der Waals surface area contributed by atoms with Crippen LogP contribution >= 0.6 is 38.9 Å². The first kappa shape index (κ1) is 16.3. The van der Waals surface area contributed by atoms with E-state index < -0.39 is 0 Å². The molecule has 2 heterocycles. The van der Waals surface area contributed by atoms with Crippen LogP contribution in [0.3, 0.4) is 0 Å². The molecule has 0 bridgehead atoms. The van der Waals surface area contributed by atoms with Crippen molar-refractivity contribution in [3.8, 4) is 0 Å². The minimum absolute atomic E-state index is 0.164. The standard InChI is InChI=1S/C14H15BrClN3OS/c1-2-3-17-13-5-9(4-12(16)19-13)14(20)18-7-11-6-10(15)8-21-11/h4-6,8H,2-3,7H2,1H3,(H,17,19)(H,18,20). The lowest BCUT2D eigenvalue weighted by molar-refractivity contribution is 0.0951. The second kappa shape index (κ2) is 7.77. The Hall–Kier alpha value is -1.11. The van der Waals surface area contributed by atoms with E-state index in [2.05, 4.69) is 38.5 Å². The lowest BCUT2D eigenvalue weighted by Gasteiger charge is -2.08. The number of halogens is 2. The van der Waals surface area contributed by atoms with Crippen LogP contribution in [0.15, 0.2) is 28.1 Å². The van der Waals surface area contributed by atoms with Gasteiger partial charge in [0.25, 0.3) is 5.91 Å². The summed E-state index contributed by atoms with van der Waals surface area (Å²) in [5, 5.41) is 8.29. The van der Waals surface area contributed by atoms with Crippen molar-refractivity contribution in [2.24, 2.45) is 0 Å². The van der Waals surface area contributed by atoms with E-state index in [1.807, 2.05) is 11.4 Å². The van der Waals surface area contributed by atoms with Gasteiger partial charge in [-0.2, -0.15) is 0 Å². The molecule has 112 valence electrons. The Morgan fingerprint density at radius 2 is 2.24 bits per heavy atom. The summed E-state index contributed by atoms with van der Waals surface area (Å²) in [6.45, 7) is 3.34. The van der Waals surface area contributed by atoms with E-state index in [-0.39, 0.29) is 5.91 Å². The summed E-state index contributed by atoms with van der Waals surface area (Å²) >= 11 is 10.9. The van der Waals surface area contributed by atoms with Gasteiger partial charge in [0.2, 0.25) is 0 Å². The molecule has 7 heteroatoms. The Morgan fingerprint density at radius 1 is 1.43 bits per heavy atom. The maximum atomic E-state index is 12.2. The van der Waals surface area contributed by atoms with Gasteiger partial charge in [-0.05, 0) is 40.5 Å². The molecule has 0 aliphatic rings. The molecule has 0 unspecified atom stereocenters. The number of nitrogens with zero attached hydrogens (tertiary/aromatic N) is 1. The van der Waals surface area contributed by atoms with Crippen LogP contribution in [0.1, 0.15) is 28.6 Å². The lowest BCUT2D eigenvalue weighted by Crippen LogP contribution is -2.22. The molecular weight excluding hydrogens is 374 g/mol. The highest BCUT2D eigenvalue weighted by molar-refractivity contribution is 9.10. The van der Waals surface area contributed by atoms with Crippen molar-refractivity contribution in [3.05, 3.63) is 43.6 Å². The minimum atomic E-state index is -0.164. The predicted octanol–water partition coefficient (Wildman–Crippen LogP) is 4.31. The maximum Gasteiger partial charge on any atom is 0.251 e. The van der Waals surface area contributed by atoms with Gasteiger partial charge in [-0.25, -0.2) is 4.98 Å². The average molecular weight is 389 g/mol. The largest absolute Gasteiger partial charge is 0.370 e. The van der Waals surface area contributed by atoms with Crippen LogP contribution in [0.2, 0.25) is 5.15 Å². The van der Waals surface area contributed by atoms with Crippen molar-refractivity contribution in [1.82, 2.24) is 10.3 Å². The van der Waals surface area contributed by atoms with E-state index in [1.54, 1.807) is 23.5 Å². The Bertz CT molecular complexity index is 632. The SMILES string of the molecule is CCCNc1cc(C(=O)NCc2cc(Br)cs2)cc(Cl)n1. The highest BCUT2D eigenvalue weighted by Crippen LogP contribution is 2.20. The molecule has 0 fully saturated rings. The molecular formula is C14H15BrClN3OS. The van der Waals surface area contributed by atoms with Gasteiger partial charge in [-0.3, -0.25) is 4.79 Å². The van der Waals surface area contributed by atoms with Crippen molar-refractivity contribution in [2.75, 3.05) is 11.9 Å². The third-order valence-electron chi connectivity index (χ3n) is 2.66. The second-order valence-electron chi connectivity index (χ2n) is 4.40. The molecule has 4 nitrogen and oxygen atoms in total. The van der Waals surface area contributed by atoms with Crippen LogP contribution in [0.25, 0.3) is 0 Å². The van der Waals surface area contributed by atoms with Gasteiger partial charge in [0, 0.05) is 26.8 Å². The maximum absolute atomic E-state index is 12.2. The molecule has 0 saturated carbocycles. The van der Waals surface area contributed by atoms with Crippen molar-refractivity contribution in [3.63, 3.8) is 0 Å². The highest BCUT2D eigenvalue weighted by Gasteiger charge is 2.09.